The molecule has 5 nitrogen and oxygen atoms in total. The molecule has 0 amide bonds. The molecule has 0 aliphatic heterocycles. The van der Waals surface area contributed by atoms with E-state index in [1.807, 2.05) is 6.92 Å². The molecule has 0 saturated heterocycles. The molecule has 0 bridgehead atoms. The fourth-order valence-electron chi connectivity index (χ4n) is 1.81. The molecule has 1 N–H and O–H groups in total. The normalized spacial score (nSPS) is 13.7. The minimum atomic E-state index is -2.94. The lowest BCUT2D eigenvalue weighted by Crippen LogP contribution is -2.12. The SMILES string of the molecule is CCCn1nccc1C(O)CCCS(=O)(=O)CC. The van der Waals surface area contributed by atoms with Crippen LogP contribution >= 0.6 is 0 Å². The maximum atomic E-state index is 11.3. The number of sulfone groups is 1. The Labute approximate surface area is 109 Å². The van der Waals surface area contributed by atoms with Crippen molar-refractivity contribution in [2.75, 3.05) is 11.5 Å². The zero-order valence-corrected chi connectivity index (χ0v) is 11.9. The summed E-state index contributed by atoms with van der Waals surface area (Å²) in [6.07, 6.45) is 2.91. The molecule has 1 heterocycles. The van der Waals surface area contributed by atoms with Crippen LogP contribution in [0.25, 0.3) is 0 Å². The zero-order chi connectivity index (χ0) is 13.6. The van der Waals surface area contributed by atoms with Crippen LogP contribution in [0.4, 0.5) is 0 Å². The van der Waals surface area contributed by atoms with Gasteiger partial charge in [0.2, 0.25) is 0 Å². The van der Waals surface area contributed by atoms with E-state index in [-0.39, 0.29) is 11.5 Å². The van der Waals surface area contributed by atoms with Crippen molar-refractivity contribution in [3.05, 3.63) is 18.0 Å². The van der Waals surface area contributed by atoms with Crippen LogP contribution in [0.15, 0.2) is 12.3 Å². The second kappa shape index (κ2) is 6.89. The van der Waals surface area contributed by atoms with Crippen LogP contribution in [0.5, 0.6) is 0 Å². The Morgan fingerprint density at radius 3 is 2.78 bits per heavy atom. The Balaban J connectivity index is 2.50. The van der Waals surface area contributed by atoms with Crippen LogP contribution in [0.3, 0.4) is 0 Å². The molecule has 0 aromatic carbocycles. The van der Waals surface area contributed by atoms with E-state index in [0.29, 0.717) is 12.8 Å². The maximum absolute atomic E-state index is 11.3. The number of rotatable bonds is 8. The average Bonchev–Trinajstić information content (AvgIpc) is 2.77. The summed E-state index contributed by atoms with van der Waals surface area (Å²) in [5.41, 5.74) is 0.769. The second-order valence-corrected chi connectivity index (χ2v) is 6.85. The van der Waals surface area contributed by atoms with Crippen molar-refractivity contribution in [1.29, 1.82) is 0 Å². The fraction of sp³-hybridized carbons (Fsp3) is 0.750. The van der Waals surface area contributed by atoms with Crippen LogP contribution < -0.4 is 0 Å². The number of hydrogen-bond acceptors (Lipinski definition) is 4. The molecule has 6 heteroatoms. The van der Waals surface area contributed by atoms with E-state index in [2.05, 4.69) is 5.10 Å². The van der Waals surface area contributed by atoms with E-state index in [4.69, 9.17) is 0 Å². The van der Waals surface area contributed by atoms with Gasteiger partial charge in [-0.1, -0.05) is 13.8 Å². The molecule has 0 aliphatic rings. The van der Waals surface area contributed by atoms with Crippen molar-refractivity contribution < 1.29 is 13.5 Å². The second-order valence-electron chi connectivity index (χ2n) is 4.37. The van der Waals surface area contributed by atoms with Gasteiger partial charge in [-0.15, -0.1) is 0 Å². The number of nitrogens with zero attached hydrogens (tertiary/aromatic N) is 2. The van der Waals surface area contributed by atoms with Gasteiger partial charge in [-0.05, 0) is 25.3 Å². The van der Waals surface area contributed by atoms with Gasteiger partial charge in [-0.25, -0.2) is 8.42 Å². The van der Waals surface area contributed by atoms with Gasteiger partial charge in [0.1, 0.15) is 9.84 Å². The summed E-state index contributed by atoms with van der Waals surface area (Å²) in [5, 5.41) is 14.2. The lowest BCUT2D eigenvalue weighted by atomic mass is 10.1. The Hall–Kier alpha value is -0.880. The molecule has 0 aliphatic carbocycles. The zero-order valence-electron chi connectivity index (χ0n) is 11.0. The molecule has 1 unspecified atom stereocenters. The summed E-state index contributed by atoms with van der Waals surface area (Å²) in [5.74, 6) is 0.305. The van der Waals surface area contributed by atoms with Gasteiger partial charge < -0.3 is 5.11 Å². The number of aryl methyl sites for hydroxylation is 1. The molecular formula is C12H22N2O3S. The molecule has 0 fully saturated rings. The molecule has 0 spiro atoms. The Morgan fingerprint density at radius 1 is 1.44 bits per heavy atom. The van der Waals surface area contributed by atoms with Crippen LogP contribution in [-0.4, -0.2) is 34.8 Å². The van der Waals surface area contributed by atoms with Gasteiger partial charge in [0.25, 0.3) is 0 Å². The van der Waals surface area contributed by atoms with Crippen LogP contribution in [0.1, 0.15) is 44.9 Å². The molecule has 1 aromatic heterocycles. The number of aromatic nitrogens is 2. The summed E-state index contributed by atoms with van der Waals surface area (Å²) in [4.78, 5) is 0. The van der Waals surface area contributed by atoms with Crippen LogP contribution in [0, 0.1) is 0 Å². The highest BCUT2D eigenvalue weighted by Gasteiger charge is 2.14. The molecule has 0 radical (unpaired) electrons. The molecule has 18 heavy (non-hydrogen) atoms. The first-order valence-corrected chi connectivity index (χ1v) is 8.22. The van der Waals surface area contributed by atoms with Crippen molar-refractivity contribution >= 4 is 9.84 Å². The minimum absolute atomic E-state index is 0.141. The molecule has 1 atom stereocenters. The summed E-state index contributed by atoms with van der Waals surface area (Å²) < 4.78 is 24.5. The lowest BCUT2D eigenvalue weighted by Gasteiger charge is -2.12. The van der Waals surface area contributed by atoms with Crippen molar-refractivity contribution in [3.63, 3.8) is 0 Å². The first kappa shape index (κ1) is 15.2. The average molecular weight is 274 g/mol. The Bertz CT molecular complexity index is 454. The molecule has 1 aromatic rings. The number of aliphatic hydroxyl groups is 1. The van der Waals surface area contributed by atoms with E-state index < -0.39 is 15.9 Å². The lowest BCUT2D eigenvalue weighted by molar-refractivity contribution is 0.155. The third-order valence-electron chi connectivity index (χ3n) is 2.90. The van der Waals surface area contributed by atoms with Gasteiger partial charge in [0, 0.05) is 18.5 Å². The monoisotopic (exact) mass is 274 g/mol. The van der Waals surface area contributed by atoms with E-state index in [0.717, 1.165) is 18.7 Å². The highest BCUT2D eigenvalue weighted by atomic mass is 32.2. The standard InChI is InChI=1S/C12H22N2O3S/c1-3-9-14-11(7-8-13-14)12(15)6-5-10-18(16,17)4-2/h7-8,12,15H,3-6,9-10H2,1-2H3. The van der Waals surface area contributed by atoms with Gasteiger partial charge in [-0.3, -0.25) is 4.68 Å². The smallest absolute Gasteiger partial charge is 0.150 e. The van der Waals surface area contributed by atoms with Crippen LogP contribution in [0.2, 0.25) is 0 Å². The van der Waals surface area contributed by atoms with Crippen molar-refractivity contribution in [3.8, 4) is 0 Å². The minimum Gasteiger partial charge on any atom is -0.387 e. The summed E-state index contributed by atoms with van der Waals surface area (Å²) in [6.45, 7) is 4.46. The van der Waals surface area contributed by atoms with Crippen molar-refractivity contribution in [1.82, 2.24) is 9.78 Å². The molecule has 104 valence electrons. The van der Waals surface area contributed by atoms with E-state index in [1.165, 1.54) is 0 Å². The van der Waals surface area contributed by atoms with Crippen LogP contribution in [-0.2, 0) is 16.4 Å². The Morgan fingerprint density at radius 2 is 2.17 bits per heavy atom. The predicted molar refractivity (Wildman–Crippen MR) is 71.0 cm³/mol. The van der Waals surface area contributed by atoms with Gasteiger partial charge in [0.15, 0.2) is 0 Å². The number of aliphatic hydroxyl groups excluding tert-OH is 1. The summed E-state index contributed by atoms with van der Waals surface area (Å²) >= 11 is 0. The highest BCUT2D eigenvalue weighted by molar-refractivity contribution is 7.91. The number of hydrogen-bond donors (Lipinski definition) is 1. The van der Waals surface area contributed by atoms with Gasteiger partial charge in [0.05, 0.1) is 17.6 Å². The predicted octanol–water partition coefficient (Wildman–Crippen LogP) is 1.54. The van der Waals surface area contributed by atoms with E-state index >= 15 is 0 Å². The molecular weight excluding hydrogens is 252 g/mol. The largest absolute Gasteiger partial charge is 0.387 e. The first-order chi connectivity index (χ1) is 8.50. The third kappa shape index (κ3) is 4.42. The third-order valence-corrected chi connectivity index (χ3v) is 4.69. The van der Waals surface area contributed by atoms with Crippen molar-refractivity contribution in [2.24, 2.45) is 0 Å². The maximum Gasteiger partial charge on any atom is 0.150 e. The summed E-state index contributed by atoms with van der Waals surface area (Å²) in [7, 11) is -2.94. The fourth-order valence-corrected chi connectivity index (χ4v) is 2.71. The first-order valence-electron chi connectivity index (χ1n) is 6.40. The molecule has 1 rings (SSSR count). The molecule has 0 saturated carbocycles. The van der Waals surface area contributed by atoms with E-state index in [9.17, 15) is 13.5 Å². The van der Waals surface area contributed by atoms with E-state index in [1.54, 1.807) is 23.9 Å². The van der Waals surface area contributed by atoms with Crippen molar-refractivity contribution in [2.45, 2.75) is 45.8 Å². The highest BCUT2D eigenvalue weighted by Crippen LogP contribution is 2.18. The van der Waals surface area contributed by atoms with Gasteiger partial charge in [-0.2, -0.15) is 5.10 Å². The summed E-state index contributed by atoms with van der Waals surface area (Å²) in [6, 6.07) is 1.79. The quantitative estimate of drug-likeness (QED) is 0.780. The topological polar surface area (TPSA) is 72.2 Å². The van der Waals surface area contributed by atoms with Gasteiger partial charge >= 0.3 is 0 Å². The Kier molecular flexibility index (Phi) is 5.81.